The molecule has 2 rings (SSSR count). The molecule has 0 amide bonds. The van der Waals surface area contributed by atoms with Gasteiger partial charge in [-0.2, -0.15) is 0 Å². The Bertz CT molecular complexity index is 747. The van der Waals surface area contributed by atoms with E-state index in [9.17, 15) is 20.1 Å². The number of phenols is 3. The van der Waals surface area contributed by atoms with E-state index in [1.165, 1.54) is 30.3 Å². The summed E-state index contributed by atoms with van der Waals surface area (Å²) in [6.45, 7) is 3.38. The summed E-state index contributed by atoms with van der Waals surface area (Å²) in [5.41, 5.74) is 1.52. The topological polar surface area (TPSA) is 87.0 Å². The van der Waals surface area contributed by atoms with E-state index in [1.54, 1.807) is 19.9 Å². The zero-order valence-corrected chi connectivity index (χ0v) is 12.2. The van der Waals surface area contributed by atoms with E-state index >= 15 is 0 Å². The molecule has 0 bridgehead atoms. The van der Waals surface area contributed by atoms with Crippen molar-refractivity contribution in [2.45, 2.75) is 13.8 Å². The summed E-state index contributed by atoms with van der Waals surface area (Å²) in [7, 11) is 0. The van der Waals surface area contributed by atoms with Crippen molar-refractivity contribution >= 4 is 12.0 Å². The van der Waals surface area contributed by atoms with Crippen LogP contribution < -0.4 is 4.74 Å². The van der Waals surface area contributed by atoms with Gasteiger partial charge in [-0.25, -0.2) is 0 Å². The van der Waals surface area contributed by atoms with Crippen molar-refractivity contribution in [1.82, 2.24) is 0 Å². The Kier molecular flexibility index (Phi) is 4.36. The Morgan fingerprint density at radius 2 is 1.77 bits per heavy atom. The number of aryl methyl sites for hydroxylation is 1. The molecule has 0 radical (unpaired) electrons. The second kappa shape index (κ2) is 6.22. The lowest BCUT2D eigenvalue weighted by molar-refractivity contribution is -0.104. The first-order chi connectivity index (χ1) is 10.4. The smallest absolute Gasteiger partial charge is 0.158 e. The van der Waals surface area contributed by atoms with Crippen LogP contribution in [0.4, 0.5) is 0 Å². The van der Waals surface area contributed by atoms with Gasteiger partial charge in [-0.05, 0) is 43.7 Å². The van der Waals surface area contributed by atoms with Crippen molar-refractivity contribution in [3.8, 4) is 23.0 Å². The van der Waals surface area contributed by atoms with Gasteiger partial charge < -0.3 is 20.1 Å². The number of aromatic hydroxyl groups is 3. The molecule has 0 saturated heterocycles. The van der Waals surface area contributed by atoms with E-state index in [2.05, 4.69) is 0 Å². The molecule has 0 aromatic heterocycles. The number of hydrogen-bond donors (Lipinski definition) is 3. The number of benzene rings is 2. The first kappa shape index (κ1) is 15.4. The predicted molar refractivity (Wildman–Crippen MR) is 81.9 cm³/mol. The Labute approximate surface area is 127 Å². The standard InChI is InChI=1S/C17H16O5/c1-10-3-5-13(19)8-16(10)22-17(11(2)9-18)12-4-6-14(20)15(21)7-12/h3-9,19-21H,1-2H3/b17-11-. The summed E-state index contributed by atoms with van der Waals surface area (Å²) in [6.07, 6.45) is 0.636. The van der Waals surface area contributed by atoms with Gasteiger partial charge in [0.15, 0.2) is 11.5 Å². The minimum atomic E-state index is -0.315. The summed E-state index contributed by atoms with van der Waals surface area (Å²) in [5, 5.41) is 28.6. The Balaban J connectivity index is 2.50. The Hall–Kier alpha value is -2.95. The highest BCUT2D eigenvalue weighted by Gasteiger charge is 2.13. The number of aldehydes is 1. The molecule has 0 aliphatic heterocycles. The fourth-order valence-electron chi connectivity index (χ4n) is 1.89. The van der Waals surface area contributed by atoms with Crippen LogP contribution in [0.5, 0.6) is 23.0 Å². The first-order valence-corrected chi connectivity index (χ1v) is 6.58. The van der Waals surface area contributed by atoms with Crippen LogP contribution in [0.1, 0.15) is 18.1 Å². The number of ether oxygens (including phenoxy) is 1. The largest absolute Gasteiger partial charge is 0.508 e. The molecule has 114 valence electrons. The van der Waals surface area contributed by atoms with E-state index in [0.29, 0.717) is 23.2 Å². The Morgan fingerprint density at radius 3 is 2.41 bits per heavy atom. The maximum atomic E-state index is 11.1. The molecular weight excluding hydrogens is 284 g/mol. The third-order valence-corrected chi connectivity index (χ3v) is 3.16. The average molecular weight is 300 g/mol. The Morgan fingerprint density at radius 1 is 1.05 bits per heavy atom. The van der Waals surface area contributed by atoms with Gasteiger partial charge in [0.25, 0.3) is 0 Å². The predicted octanol–water partition coefficient (Wildman–Crippen LogP) is 3.12. The lowest BCUT2D eigenvalue weighted by atomic mass is 10.1. The normalized spacial score (nSPS) is 11.7. The van der Waals surface area contributed by atoms with E-state index in [-0.39, 0.29) is 23.0 Å². The van der Waals surface area contributed by atoms with Crippen molar-refractivity contribution in [3.05, 3.63) is 53.1 Å². The van der Waals surface area contributed by atoms with Gasteiger partial charge in [0, 0.05) is 17.2 Å². The molecule has 0 atom stereocenters. The van der Waals surface area contributed by atoms with Crippen LogP contribution in [-0.4, -0.2) is 21.6 Å². The fourth-order valence-corrected chi connectivity index (χ4v) is 1.89. The maximum Gasteiger partial charge on any atom is 0.158 e. The SMILES string of the molecule is C/C(C=O)=C(/Oc1cc(O)ccc1C)c1ccc(O)c(O)c1. The minimum absolute atomic E-state index is 0.0391. The number of hydrogen-bond acceptors (Lipinski definition) is 5. The molecule has 0 saturated carbocycles. The zero-order valence-electron chi connectivity index (χ0n) is 12.2. The molecule has 22 heavy (non-hydrogen) atoms. The molecule has 0 fully saturated rings. The van der Waals surface area contributed by atoms with Gasteiger partial charge in [-0.15, -0.1) is 0 Å². The van der Waals surface area contributed by atoms with Gasteiger partial charge in [-0.3, -0.25) is 4.79 Å². The lowest BCUT2D eigenvalue weighted by Gasteiger charge is -2.14. The summed E-state index contributed by atoms with van der Waals surface area (Å²) in [5.74, 6) is 0.0883. The molecule has 0 heterocycles. The molecular formula is C17H16O5. The molecule has 0 aliphatic carbocycles. The molecule has 0 aliphatic rings. The summed E-state index contributed by atoms with van der Waals surface area (Å²) < 4.78 is 5.76. The third kappa shape index (κ3) is 3.20. The monoisotopic (exact) mass is 300 g/mol. The number of phenolic OH excluding ortho intramolecular Hbond substituents is 3. The molecule has 2 aromatic carbocycles. The van der Waals surface area contributed by atoms with E-state index < -0.39 is 0 Å². The highest BCUT2D eigenvalue weighted by Crippen LogP contribution is 2.33. The number of carbonyl (C=O) groups excluding carboxylic acids is 1. The fraction of sp³-hybridized carbons (Fsp3) is 0.118. The van der Waals surface area contributed by atoms with Crippen LogP contribution in [0.2, 0.25) is 0 Å². The van der Waals surface area contributed by atoms with Gasteiger partial charge in [0.05, 0.1) is 0 Å². The van der Waals surface area contributed by atoms with Crippen LogP contribution in [-0.2, 0) is 4.79 Å². The van der Waals surface area contributed by atoms with Gasteiger partial charge in [-0.1, -0.05) is 6.07 Å². The van der Waals surface area contributed by atoms with Crippen LogP contribution in [0.15, 0.2) is 42.0 Å². The number of allylic oxidation sites excluding steroid dienone is 1. The van der Waals surface area contributed by atoms with Crippen LogP contribution in [0.3, 0.4) is 0 Å². The van der Waals surface area contributed by atoms with Crippen molar-refractivity contribution in [2.24, 2.45) is 0 Å². The van der Waals surface area contributed by atoms with Crippen LogP contribution in [0.25, 0.3) is 5.76 Å². The van der Waals surface area contributed by atoms with Gasteiger partial charge in [0.2, 0.25) is 0 Å². The molecule has 0 unspecified atom stereocenters. The second-order valence-corrected chi connectivity index (χ2v) is 4.89. The molecule has 5 nitrogen and oxygen atoms in total. The van der Waals surface area contributed by atoms with Gasteiger partial charge >= 0.3 is 0 Å². The first-order valence-electron chi connectivity index (χ1n) is 6.58. The molecule has 3 N–H and O–H groups in total. The second-order valence-electron chi connectivity index (χ2n) is 4.89. The van der Waals surface area contributed by atoms with Crippen LogP contribution in [0, 0.1) is 6.92 Å². The molecule has 2 aromatic rings. The quantitative estimate of drug-likeness (QED) is 0.349. The highest BCUT2D eigenvalue weighted by atomic mass is 16.5. The van der Waals surface area contributed by atoms with Crippen LogP contribution >= 0.6 is 0 Å². The van der Waals surface area contributed by atoms with Gasteiger partial charge in [0.1, 0.15) is 23.5 Å². The number of rotatable bonds is 4. The third-order valence-electron chi connectivity index (χ3n) is 3.16. The average Bonchev–Trinajstić information content (AvgIpc) is 2.50. The number of carbonyl (C=O) groups is 1. The molecule has 5 heteroatoms. The van der Waals surface area contributed by atoms with Crippen molar-refractivity contribution in [2.75, 3.05) is 0 Å². The lowest BCUT2D eigenvalue weighted by Crippen LogP contribution is -2.01. The van der Waals surface area contributed by atoms with Crippen molar-refractivity contribution in [3.63, 3.8) is 0 Å². The van der Waals surface area contributed by atoms with E-state index in [0.717, 1.165) is 5.56 Å². The minimum Gasteiger partial charge on any atom is -0.508 e. The maximum absolute atomic E-state index is 11.1. The highest BCUT2D eigenvalue weighted by molar-refractivity contribution is 5.86. The summed E-state index contributed by atoms with van der Waals surface area (Å²) in [4.78, 5) is 11.1. The van der Waals surface area contributed by atoms with E-state index in [4.69, 9.17) is 4.74 Å². The summed E-state index contributed by atoms with van der Waals surface area (Å²) in [6, 6.07) is 8.79. The van der Waals surface area contributed by atoms with Crippen molar-refractivity contribution in [1.29, 1.82) is 0 Å². The van der Waals surface area contributed by atoms with E-state index in [1.807, 2.05) is 0 Å². The zero-order chi connectivity index (χ0) is 16.3. The van der Waals surface area contributed by atoms with Crippen molar-refractivity contribution < 1.29 is 24.9 Å². The summed E-state index contributed by atoms with van der Waals surface area (Å²) >= 11 is 0. The molecule has 0 spiro atoms.